The number of likely N-dealkylation sites (tertiary alicyclic amines) is 1. The van der Waals surface area contributed by atoms with E-state index < -0.39 is 0 Å². The third-order valence-electron chi connectivity index (χ3n) is 4.10. The highest BCUT2D eigenvalue weighted by Gasteiger charge is 2.20. The minimum Gasteiger partial charge on any atom is -0.490 e. The zero-order valence-electron chi connectivity index (χ0n) is 11.3. The van der Waals surface area contributed by atoms with Crippen molar-refractivity contribution in [2.45, 2.75) is 44.6 Å². The molecule has 0 aromatic heterocycles. The molecule has 0 bridgehead atoms. The van der Waals surface area contributed by atoms with Gasteiger partial charge in [0.1, 0.15) is 5.75 Å². The van der Waals surface area contributed by atoms with Crippen LogP contribution in [0.2, 0.25) is 0 Å². The van der Waals surface area contributed by atoms with E-state index in [0.717, 1.165) is 50.1 Å². The largest absolute Gasteiger partial charge is 0.490 e. The van der Waals surface area contributed by atoms with E-state index in [1.54, 1.807) is 0 Å². The molecule has 1 saturated carbocycles. The average molecular weight is 259 g/mol. The minimum absolute atomic E-state index is 0.162. The number of piperidine rings is 1. The third kappa shape index (κ3) is 2.91. The fraction of sp³-hybridized carbons (Fsp3) is 0.562. The van der Waals surface area contributed by atoms with Crippen LogP contribution in [0.5, 0.6) is 5.75 Å². The van der Waals surface area contributed by atoms with E-state index in [1.807, 2.05) is 29.2 Å². The number of amides is 1. The van der Waals surface area contributed by atoms with Gasteiger partial charge in [-0.25, -0.2) is 0 Å². The van der Waals surface area contributed by atoms with Gasteiger partial charge in [-0.2, -0.15) is 0 Å². The van der Waals surface area contributed by atoms with Crippen LogP contribution in [0, 0.1) is 0 Å². The Morgan fingerprint density at radius 2 is 1.68 bits per heavy atom. The first kappa shape index (κ1) is 12.5. The second kappa shape index (κ2) is 5.64. The monoisotopic (exact) mass is 259 g/mol. The third-order valence-corrected chi connectivity index (χ3v) is 4.10. The lowest BCUT2D eigenvalue weighted by molar-refractivity contribution is 0.0724. The summed E-state index contributed by atoms with van der Waals surface area (Å²) in [5.41, 5.74) is 0.780. The first-order chi connectivity index (χ1) is 9.33. The standard InChI is InChI=1S/C16H21NO2/c18-16(17-11-2-1-3-12-17)13-7-9-15(10-8-13)19-14-5-4-6-14/h7-10,14H,1-6,11-12H2. The molecule has 19 heavy (non-hydrogen) atoms. The number of rotatable bonds is 3. The number of hydrogen-bond donors (Lipinski definition) is 0. The molecule has 2 fully saturated rings. The molecule has 102 valence electrons. The molecule has 1 aromatic carbocycles. The summed E-state index contributed by atoms with van der Waals surface area (Å²) in [5, 5.41) is 0. The Labute approximate surface area is 114 Å². The number of nitrogens with zero attached hydrogens (tertiary/aromatic N) is 1. The molecule has 0 atom stereocenters. The summed E-state index contributed by atoms with van der Waals surface area (Å²) in [6, 6.07) is 7.64. The van der Waals surface area contributed by atoms with E-state index in [4.69, 9.17) is 4.74 Å². The van der Waals surface area contributed by atoms with Crippen molar-refractivity contribution in [2.24, 2.45) is 0 Å². The van der Waals surface area contributed by atoms with Crippen molar-refractivity contribution in [1.82, 2.24) is 4.90 Å². The lowest BCUT2D eigenvalue weighted by Gasteiger charge is -2.27. The van der Waals surface area contributed by atoms with E-state index in [2.05, 4.69) is 0 Å². The van der Waals surface area contributed by atoms with Crippen LogP contribution in [0.4, 0.5) is 0 Å². The normalized spacial score (nSPS) is 19.9. The van der Waals surface area contributed by atoms with Gasteiger partial charge >= 0.3 is 0 Å². The summed E-state index contributed by atoms with van der Waals surface area (Å²) in [6.45, 7) is 1.80. The van der Waals surface area contributed by atoms with E-state index in [0.29, 0.717) is 6.10 Å². The molecule has 1 saturated heterocycles. The van der Waals surface area contributed by atoms with Crippen LogP contribution < -0.4 is 4.74 Å². The average Bonchev–Trinajstić information content (AvgIpc) is 2.44. The predicted molar refractivity (Wildman–Crippen MR) is 74.5 cm³/mol. The van der Waals surface area contributed by atoms with Gasteiger partial charge in [-0.05, 0) is 62.8 Å². The maximum Gasteiger partial charge on any atom is 0.253 e. The Bertz CT molecular complexity index is 431. The topological polar surface area (TPSA) is 29.5 Å². The Morgan fingerprint density at radius 3 is 2.26 bits per heavy atom. The predicted octanol–water partition coefficient (Wildman–Crippen LogP) is 3.24. The Hall–Kier alpha value is -1.51. The van der Waals surface area contributed by atoms with Gasteiger partial charge in [-0.15, -0.1) is 0 Å². The smallest absolute Gasteiger partial charge is 0.253 e. The lowest BCUT2D eigenvalue weighted by Crippen LogP contribution is -2.35. The Balaban J connectivity index is 1.62. The highest BCUT2D eigenvalue weighted by atomic mass is 16.5. The van der Waals surface area contributed by atoms with E-state index in [-0.39, 0.29) is 5.91 Å². The van der Waals surface area contributed by atoms with Crippen LogP contribution in [-0.4, -0.2) is 30.0 Å². The summed E-state index contributed by atoms with van der Waals surface area (Å²) in [5.74, 6) is 1.05. The fourth-order valence-electron chi connectivity index (χ4n) is 2.64. The van der Waals surface area contributed by atoms with Crippen molar-refractivity contribution in [3.05, 3.63) is 29.8 Å². The molecule has 0 unspecified atom stereocenters. The lowest BCUT2D eigenvalue weighted by atomic mass is 9.96. The summed E-state index contributed by atoms with van der Waals surface area (Å²) in [4.78, 5) is 14.2. The molecule has 3 heteroatoms. The zero-order valence-corrected chi connectivity index (χ0v) is 11.3. The molecule has 1 aromatic rings. The van der Waals surface area contributed by atoms with Gasteiger partial charge in [0.05, 0.1) is 6.10 Å². The van der Waals surface area contributed by atoms with Crippen molar-refractivity contribution >= 4 is 5.91 Å². The van der Waals surface area contributed by atoms with Crippen molar-refractivity contribution in [3.8, 4) is 5.75 Å². The second-order valence-electron chi connectivity index (χ2n) is 5.55. The van der Waals surface area contributed by atoms with Gasteiger partial charge < -0.3 is 9.64 Å². The van der Waals surface area contributed by atoms with Crippen LogP contribution in [0.1, 0.15) is 48.9 Å². The van der Waals surface area contributed by atoms with Gasteiger partial charge in [0.2, 0.25) is 0 Å². The number of ether oxygens (including phenoxy) is 1. The fourth-order valence-corrected chi connectivity index (χ4v) is 2.64. The minimum atomic E-state index is 0.162. The SMILES string of the molecule is O=C(c1ccc(OC2CCC2)cc1)N1CCCCC1. The summed E-state index contributed by atoms with van der Waals surface area (Å²) < 4.78 is 5.81. The van der Waals surface area contributed by atoms with Gasteiger partial charge in [0, 0.05) is 18.7 Å². The molecular weight excluding hydrogens is 238 g/mol. The van der Waals surface area contributed by atoms with Crippen LogP contribution in [0.15, 0.2) is 24.3 Å². The van der Waals surface area contributed by atoms with Crippen molar-refractivity contribution in [3.63, 3.8) is 0 Å². The van der Waals surface area contributed by atoms with Gasteiger partial charge in [0.15, 0.2) is 0 Å². The number of carbonyl (C=O) groups excluding carboxylic acids is 1. The quantitative estimate of drug-likeness (QED) is 0.834. The van der Waals surface area contributed by atoms with Gasteiger partial charge in [-0.1, -0.05) is 0 Å². The molecule has 0 N–H and O–H groups in total. The van der Waals surface area contributed by atoms with Crippen molar-refractivity contribution in [2.75, 3.05) is 13.1 Å². The maximum atomic E-state index is 12.3. The molecule has 3 rings (SSSR count). The summed E-state index contributed by atoms with van der Waals surface area (Å²) in [6.07, 6.45) is 7.50. The molecule has 1 amide bonds. The highest BCUT2D eigenvalue weighted by Crippen LogP contribution is 2.25. The van der Waals surface area contributed by atoms with E-state index in [1.165, 1.54) is 12.8 Å². The molecule has 1 aliphatic carbocycles. The molecule has 0 spiro atoms. The van der Waals surface area contributed by atoms with Crippen molar-refractivity contribution in [1.29, 1.82) is 0 Å². The zero-order chi connectivity index (χ0) is 13.1. The highest BCUT2D eigenvalue weighted by molar-refractivity contribution is 5.94. The van der Waals surface area contributed by atoms with Crippen molar-refractivity contribution < 1.29 is 9.53 Å². The van der Waals surface area contributed by atoms with Gasteiger partial charge in [0.25, 0.3) is 5.91 Å². The Kier molecular flexibility index (Phi) is 3.72. The summed E-state index contributed by atoms with van der Waals surface area (Å²) >= 11 is 0. The maximum absolute atomic E-state index is 12.3. The molecular formula is C16H21NO2. The van der Waals surface area contributed by atoms with Crippen LogP contribution in [0.3, 0.4) is 0 Å². The number of carbonyl (C=O) groups is 1. The first-order valence-electron chi connectivity index (χ1n) is 7.39. The molecule has 3 nitrogen and oxygen atoms in total. The molecule has 1 aliphatic heterocycles. The van der Waals surface area contributed by atoms with E-state index >= 15 is 0 Å². The van der Waals surface area contributed by atoms with Crippen LogP contribution in [-0.2, 0) is 0 Å². The summed E-state index contributed by atoms with van der Waals surface area (Å²) in [7, 11) is 0. The van der Waals surface area contributed by atoms with Crippen LogP contribution >= 0.6 is 0 Å². The second-order valence-corrected chi connectivity index (χ2v) is 5.55. The first-order valence-corrected chi connectivity index (χ1v) is 7.39. The Morgan fingerprint density at radius 1 is 1.00 bits per heavy atom. The molecule has 2 aliphatic rings. The number of hydrogen-bond acceptors (Lipinski definition) is 2. The molecule has 0 radical (unpaired) electrons. The van der Waals surface area contributed by atoms with Crippen LogP contribution in [0.25, 0.3) is 0 Å². The number of benzene rings is 1. The molecule has 1 heterocycles. The van der Waals surface area contributed by atoms with Gasteiger partial charge in [-0.3, -0.25) is 4.79 Å². The van der Waals surface area contributed by atoms with E-state index in [9.17, 15) is 4.79 Å².